The molecular formula is C8H14N4OS. The predicted octanol–water partition coefficient (Wildman–Crippen LogP) is 0.0925. The van der Waals surface area contributed by atoms with Gasteiger partial charge in [0.05, 0.1) is 6.10 Å². The van der Waals surface area contributed by atoms with Crippen LogP contribution in [-0.4, -0.2) is 42.6 Å². The van der Waals surface area contributed by atoms with Crippen LogP contribution in [0.25, 0.3) is 0 Å². The van der Waals surface area contributed by atoms with Gasteiger partial charge in [-0.15, -0.1) is 0 Å². The van der Waals surface area contributed by atoms with E-state index < -0.39 is 0 Å². The van der Waals surface area contributed by atoms with Crippen molar-refractivity contribution in [2.75, 3.05) is 32.1 Å². The molecule has 0 unspecified atom stereocenters. The van der Waals surface area contributed by atoms with Gasteiger partial charge in [-0.1, -0.05) is 0 Å². The van der Waals surface area contributed by atoms with Crippen LogP contribution >= 0.6 is 11.5 Å². The maximum atomic E-state index is 5.56. The highest BCUT2D eigenvalue weighted by molar-refractivity contribution is 7.09. The number of rotatable bonds is 4. The van der Waals surface area contributed by atoms with Crippen molar-refractivity contribution >= 4 is 16.7 Å². The molecule has 1 saturated heterocycles. The van der Waals surface area contributed by atoms with Crippen molar-refractivity contribution in [1.82, 2.24) is 14.7 Å². The Morgan fingerprint density at radius 1 is 1.57 bits per heavy atom. The first-order chi connectivity index (χ1) is 6.75. The van der Waals surface area contributed by atoms with Crippen LogP contribution in [0, 0.1) is 0 Å². The van der Waals surface area contributed by atoms with Crippen LogP contribution in [-0.2, 0) is 11.3 Å². The number of nitrogens with one attached hydrogen (secondary N) is 1. The summed E-state index contributed by atoms with van der Waals surface area (Å²) in [5.41, 5.74) is 0. The molecule has 1 fully saturated rings. The minimum absolute atomic E-state index is 0.348. The fourth-order valence-electron chi connectivity index (χ4n) is 1.06. The van der Waals surface area contributed by atoms with E-state index in [0.29, 0.717) is 12.7 Å². The Labute approximate surface area is 87.3 Å². The number of ether oxygens (including phenoxy) is 1. The molecule has 14 heavy (non-hydrogen) atoms. The van der Waals surface area contributed by atoms with Gasteiger partial charge in [-0.05, 0) is 0 Å². The molecule has 5 nitrogen and oxygen atoms in total. The van der Waals surface area contributed by atoms with Crippen LogP contribution in [0.15, 0.2) is 0 Å². The highest BCUT2D eigenvalue weighted by Gasteiger charge is 2.17. The largest absolute Gasteiger partial charge is 0.368 e. The molecule has 0 saturated carbocycles. The topological polar surface area (TPSA) is 50.3 Å². The molecule has 1 aliphatic rings. The number of hydrogen-bond donors (Lipinski definition) is 1. The molecule has 2 heterocycles. The molecule has 1 aromatic rings. The number of hydrogen-bond acceptors (Lipinski definition) is 6. The van der Waals surface area contributed by atoms with Gasteiger partial charge in [0.25, 0.3) is 0 Å². The third kappa shape index (κ3) is 2.20. The molecule has 0 amide bonds. The summed E-state index contributed by atoms with van der Waals surface area (Å²) in [7, 11) is 3.92. The quantitative estimate of drug-likeness (QED) is 0.770. The van der Waals surface area contributed by atoms with Crippen LogP contribution in [0.4, 0.5) is 5.13 Å². The van der Waals surface area contributed by atoms with E-state index >= 15 is 0 Å². The summed E-state index contributed by atoms with van der Waals surface area (Å²) >= 11 is 1.40. The molecule has 0 aliphatic carbocycles. The van der Waals surface area contributed by atoms with Crippen molar-refractivity contribution in [2.45, 2.75) is 12.7 Å². The third-order valence-corrected chi connectivity index (χ3v) is 2.95. The van der Waals surface area contributed by atoms with Crippen molar-refractivity contribution in [1.29, 1.82) is 0 Å². The Kier molecular flexibility index (Phi) is 2.95. The first-order valence-electron chi connectivity index (χ1n) is 4.58. The van der Waals surface area contributed by atoms with Crippen molar-refractivity contribution in [3.8, 4) is 0 Å². The Bertz CT molecular complexity index is 297. The van der Waals surface area contributed by atoms with E-state index in [1.165, 1.54) is 11.5 Å². The number of anilines is 1. The predicted molar refractivity (Wildman–Crippen MR) is 55.7 cm³/mol. The van der Waals surface area contributed by atoms with E-state index in [9.17, 15) is 0 Å². The van der Waals surface area contributed by atoms with Gasteiger partial charge in [-0.25, -0.2) is 4.98 Å². The molecule has 0 aromatic carbocycles. The maximum Gasteiger partial charge on any atom is 0.204 e. The van der Waals surface area contributed by atoms with Crippen molar-refractivity contribution in [2.24, 2.45) is 0 Å². The van der Waals surface area contributed by atoms with Gasteiger partial charge in [0, 0.05) is 38.7 Å². The summed E-state index contributed by atoms with van der Waals surface area (Å²) < 4.78 is 9.77. The van der Waals surface area contributed by atoms with Crippen LogP contribution in [0.5, 0.6) is 0 Å². The second kappa shape index (κ2) is 4.20. The molecule has 0 spiro atoms. The molecular weight excluding hydrogens is 200 g/mol. The SMILES string of the molecule is CN(C)c1nc(COC2CNC2)ns1. The Balaban J connectivity index is 1.83. The Hall–Kier alpha value is -0.720. The van der Waals surface area contributed by atoms with Gasteiger partial charge in [0.2, 0.25) is 5.13 Å². The lowest BCUT2D eigenvalue weighted by atomic mass is 10.2. The van der Waals surface area contributed by atoms with E-state index in [2.05, 4.69) is 14.7 Å². The van der Waals surface area contributed by atoms with Crippen LogP contribution in [0.3, 0.4) is 0 Å². The summed E-state index contributed by atoms with van der Waals surface area (Å²) in [4.78, 5) is 6.28. The van der Waals surface area contributed by atoms with Crippen LogP contribution < -0.4 is 10.2 Å². The minimum Gasteiger partial charge on any atom is -0.368 e. The third-order valence-electron chi connectivity index (χ3n) is 2.03. The molecule has 2 rings (SSSR count). The smallest absolute Gasteiger partial charge is 0.204 e. The monoisotopic (exact) mass is 214 g/mol. The average Bonchev–Trinajstić information content (AvgIpc) is 2.50. The summed E-state index contributed by atoms with van der Waals surface area (Å²) in [5, 5.41) is 4.08. The minimum atomic E-state index is 0.348. The number of aromatic nitrogens is 2. The molecule has 0 radical (unpaired) electrons. The fraction of sp³-hybridized carbons (Fsp3) is 0.750. The lowest BCUT2D eigenvalue weighted by Gasteiger charge is -2.26. The molecule has 1 aromatic heterocycles. The fourth-order valence-corrected chi connectivity index (χ4v) is 1.65. The summed E-state index contributed by atoms with van der Waals surface area (Å²) in [6.07, 6.45) is 0.348. The van der Waals surface area contributed by atoms with E-state index in [4.69, 9.17) is 4.74 Å². The maximum absolute atomic E-state index is 5.56. The second-order valence-corrected chi connectivity index (χ2v) is 4.21. The van der Waals surface area contributed by atoms with E-state index in [1.807, 2.05) is 19.0 Å². The molecule has 78 valence electrons. The highest BCUT2D eigenvalue weighted by atomic mass is 32.1. The summed E-state index contributed by atoms with van der Waals surface area (Å²) in [6.45, 7) is 2.42. The molecule has 0 atom stereocenters. The normalized spacial score (nSPS) is 16.7. The zero-order valence-electron chi connectivity index (χ0n) is 8.36. The summed E-state index contributed by atoms with van der Waals surface area (Å²) in [5.74, 6) is 0.783. The van der Waals surface area contributed by atoms with Gasteiger partial charge in [-0.3, -0.25) is 0 Å². The zero-order chi connectivity index (χ0) is 9.97. The van der Waals surface area contributed by atoms with E-state index in [0.717, 1.165) is 24.0 Å². The average molecular weight is 214 g/mol. The lowest BCUT2D eigenvalue weighted by Crippen LogP contribution is -2.48. The van der Waals surface area contributed by atoms with Crippen molar-refractivity contribution < 1.29 is 4.74 Å². The van der Waals surface area contributed by atoms with Gasteiger partial charge in [-0.2, -0.15) is 4.37 Å². The van der Waals surface area contributed by atoms with Crippen molar-refractivity contribution in [3.05, 3.63) is 5.82 Å². The Morgan fingerprint density at radius 2 is 2.36 bits per heavy atom. The first kappa shape index (κ1) is 9.82. The first-order valence-corrected chi connectivity index (χ1v) is 5.35. The van der Waals surface area contributed by atoms with E-state index in [1.54, 1.807) is 0 Å². The van der Waals surface area contributed by atoms with Gasteiger partial charge < -0.3 is 15.0 Å². The Morgan fingerprint density at radius 3 is 2.86 bits per heavy atom. The van der Waals surface area contributed by atoms with Gasteiger partial charge in [0.15, 0.2) is 5.82 Å². The highest BCUT2D eigenvalue weighted by Crippen LogP contribution is 2.14. The van der Waals surface area contributed by atoms with Gasteiger partial charge in [0.1, 0.15) is 6.61 Å². The molecule has 0 bridgehead atoms. The molecule has 6 heteroatoms. The van der Waals surface area contributed by atoms with Gasteiger partial charge >= 0.3 is 0 Å². The molecule has 1 aliphatic heterocycles. The lowest BCUT2D eigenvalue weighted by molar-refractivity contribution is 0.00484. The van der Waals surface area contributed by atoms with Crippen molar-refractivity contribution in [3.63, 3.8) is 0 Å². The summed E-state index contributed by atoms with van der Waals surface area (Å²) in [6, 6.07) is 0. The van der Waals surface area contributed by atoms with Crippen LogP contribution in [0.1, 0.15) is 5.82 Å². The zero-order valence-corrected chi connectivity index (χ0v) is 9.17. The van der Waals surface area contributed by atoms with Crippen LogP contribution in [0.2, 0.25) is 0 Å². The number of nitrogens with zero attached hydrogens (tertiary/aromatic N) is 3. The van der Waals surface area contributed by atoms with E-state index in [-0.39, 0.29) is 0 Å². The molecule has 1 N–H and O–H groups in total. The standard InChI is InChI=1S/C8H14N4OS/c1-12(2)8-10-7(11-14-8)5-13-6-3-9-4-6/h6,9H,3-5H2,1-2H3. The second-order valence-electron chi connectivity index (χ2n) is 3.48.